The fourth-order valence-corrected chi connectivity index (χ4v) is 1.40. The fraction of sp³-hybridized carbons (Fsp3) is 0.727. The van der Waals surface area contributed by atoms with Gasteiger partial charge in [-0.05, 0) is 13.0 Å². The van der Waals surface area contributed by atoms with Crippen LogP contribution < -0.4 is 10.6 Å². The molecule has 0 unspecified atom stereocenters. The second-order valence-corrected chi connectivity index (χ2v) is 3.64. The van der Waals surface area contributed by atoms with Crippen LogP contribution in [0.5, 0.6) is 0 Å². The lowest BCUT2D eigenvalue weighted by Crippen LogP contribution is -2.32. The lowest BCUT2D eigenvalue weighted by atomic mass is 10.1. The Morgan fingerprint density at radius 1 is 1.56 bits per heavy atom. The highest BCUT2D eigenvalue weighted by Gasteiger charge is 2.05. The first-order valence-corrected chi connectivity index (χ1v) is 5.55. The molecule has 0 aromatic rings. The summed E-state index contributed by atoms with van der Waals surface area (Å²) in [5.74, 6) is -0.0736. The molecule has 5 heteroatoms. The van der Waals surface area contributed by atoms with Gasteiger partial charge in [0.2, 0.25) is 5.91 Å². The maximum atomic E-state index is 11.3. The Bertz CT molecular complexity index is 241. The highest BCUT2D eigenvalue weighted by molar-refractivity contribution is 5.77. The Labute approximate surface area is 96.2 Å². The van der Waals surface area contributed by atoms with Gasteiger partial charge in [0.25, 0.3) is 0 Å². The van der Waals surface area contributed by atoms with Gasteiger partial charge in [0.05, 0.1) is 13.2 Å². The minimum absolute atomic E-state index is 0.0736. The number of carbonyl (C=O) groups excluding carboxylic acids is 1. The van der Waals surface area contributed by atoms with E-state index in [1.54, 1.807) is 7.11 Å². The van der Waals surface area contributed by atoms with E-state index in [0.29, 0.717) is 19.8 Å². The van der Waals surface area contributed by atoms with Gasteiger partial charge in [-0.1, -0.05) is 11.6 Å². The Kier molecular flexibility index (Phi) is 6.80. The molecule has 0 fully saturated rings. The summed E-state index contributed by atoms with van der Waals surface area (Å²) in [4.78, 5) is 11.3. The highest BCUT2D eigenvalue weighted by Crippen LogP contribution is 2.01. The summed E-state index contributed by atoms with van der Waals surface area (Å²) in [6, 6.07) is 0. The largest absolute Gasteiger partial charge is 0.382 e. The van der Waals surface area contributed by atoms with Crippen molar-refractivity contribution in [3.8, 4) is 0 Å². The minimum atomic E-state index is -0.0736. The zero-order valence-corrected chi connectivity index (χ0v) is 9.75. The van der Waals surface area contributed by atoms with Crippen molar-refractivity contribution in [3.63, 3.8) is 0 Å². The number of hydrogen-bond acceptors (Lipinski definition) is 4. The Balaban J connectivity index is 2.03. The molecule has 0 atom stereocenters. The van der Waals surface area contributed by atoms with Crippen molar-refractivity contribution in [2.45, 2.75) is 6.42 Å². The van der Waals surface area contributed by atoms with Gasteiger partial charge in [-0.15, -0.1) is 0 Å². The average molecular weight is 228 g/mol. The SMILES string of the molecule is COCCOCC(=O)NCC1=CCNCC1. The van der Waals surface area contributed by atoms with E-state index < -0.39 is 0 Å². The molecule has 0 bridgehead atoms. The summed E-state index contributed by atoms with van der Waals surface area (Å²) in [6.45, 7) is 3.60. The molecule has 0 aromatic heterocycles. The predicted octanol–water partition coefficient (Wildman–Crippen LogP) is -0.315. The summed E-state index contributed by atoms with van der Waals surface area (Å²) >= 11 is 0. The molecule has 0 aliphatic carbocycles. The van der Waals surface area contributed by atoms with Gasteiger partial charge >= 0.3 is 0 Å². The minimum Gasteiger partial charge on any atom is -0.382 e. The van der Waals surface area contributed by atoms with Gasteiger partial charge in [-0.3, -0.25) is 4.79 Å². The van der Waals surface area contributed by atoms with E-state index in [4.69, 9.17) is 9.47 Å². The quantitative estimate of drug-likeness (QED) is 0.463. The first kappa shape index (κ1) is 13.2. The van der Waals surface area contributed by atoms with E-state index in [1.807, 2.05) is 0 Å². The second-order valence-electron chi connectivity index (χ2n) is 3.64. The number of nitrogens with one attached hydrogen (secondary N) is 2. The zero-order chi connectivity index (χ0) is 11.6. The number of methoxy groups -OCH3 is 1. The van der Waals surface area contributed by atoms with Crippen molar-refractivity contribution in [1.29, 1.82) is 0 Å². The van der Waals surface area contributed by atoms with Crippen LogP contribution >= 0.6 is 0 Å². The Morgan fingerprint density at radius 3 is 3.12 bits per heavy atom. The highest BCUT2D eigenvalue weighted by atomic mass is 16.5. The standard InChI is InChI=1S/C11H20N2O3/c1-15-6-7-16-9-11(14)13-8-10-2-4-12-5-3-10/h2,12H,3-9H2,1H3,(H,13,14). The first-order chi connectivity index (χ1) is 7.83. The molecule has 0 aromatic carbocycles. The molecule has 0 radical (unpaired) electrons. The van der Waals surface area contributed by atoms with E-state index in [9.17, 15) is 4.79 Å². The summed E-state index contributed by atoms with van der Waals surface area (Å²) in [5, 5.41) is 6.05. The van der Waals surface area contributed by atoms with E-state index in [0.717, 1.165) is 19.5 Å². The molecular formula is C11H20N2O3. The van der Waals surface area contributed by atoms with Crippen molar-refractivity contribution in [3.05, 3.63) is 11.6 Å². The molecule has 2 N–H and O–H groups in total. The molecule has 1 aliphatic heterocycles. The van der Waals surface area contributed by atoms with Crippen LogP contribution in [-0.2, 0) is 14.3 Å². The smallest absolute Gasteiger partial charge is 0.246 e. The fourth-order valence-electron chi connectivity index (χ4n) is 1.40. The van der Waals surface area contributed by atoms with Gasteiger partial charge < -0.3 is 20.1 Å². The number of carbonyl (C=O) groups is 1. The number of rotatable bonds is 7. The molecular weight excluding hydrogens is 208 g/mol. The summed E-state index contributed by atoms with van der Waals surface area (Å²) in [6.07, 6.45) is 3.13. The van der Waals surface area contributed by atoms with Crippen LogP contribution in [0.15, 0.2) is 11.6 Å². The third kappa shape index (κ3) is 5.85. The Morgan fingerprint density at radius 2 is 2.44 bits per heavy atom. The van der Waals surface area contributed by atoms with Crippen molar-refractivity contribution >= 4 is 5.91 Å². The van der Waals surface area contributed by atoms with Gasteiger partial charge in [0, 0.05) is 20.2 Å². The van der Waals surface area contributed by atoms with Gasteiger partial charge in [0.15, 0.2) is 0 Å². The van der Waals surface area contributed by atoms with E-state index in [1.165, 1.54) is 5.57 Å². The molecule has 92 valence electrons. The topological polar surface area (TPSA) is 59.6 Å². The van der Waals surface area contributed by atoms with E-state index >= 15 is 0 Å². The predicted molar refractivity (Wildman–Crippen MR) is 61.3 cm³/mol. The van der Waals surface area contributed by atoms with Crippen LogP contribution in [0.2, 0.25) is 0 Å². The molecule has 1 rings (SSSR count). The molecule has 0 saturated heterocycles. The van der Waals surface area contributed by atoms with Crippen molar-refractivity contribution in [1.82, 2.24) is 10.6 Å². The molecule has 1 aliphatic rings. The van der Waals surface area contributed by atoms with Gasteiger partial charge in [0.1, 0.15) is 6.61 Å². The molecule has 1 amide bonds. The second kappa shape index (κ2) is 8.27. The zero-order valence-electron chi connectivity index (χ0n) is 9.75. The van der Waals surface area contributed by atoms with E-state index in [-0.39, 0.29) is 12.5 Å². The third-order valence-corrected chi connectivity index (χ3v) is 2.34. The maximum Gasteiger partial charge on any atom is 0.246 e. The summed E-state index contributed by atoms with van der Waals surface area (Å²) in [5.41, 5.74) is 1.28. The van der Waals surface area contributed by atoms with Crippen LogP contribution in [0.25, 0.3) is 0 Å². The molecule has 5 nitrogen and oxygen atoms in total. The van der Waals surface area contributed by atoms with Gasteiger partial charge in [-0.2, -0.15) is 0 Å². The third-order valence-electron chi connectivity index (χ3n) is 2.34. The first-order valence-electron chi connectivity index (χ1n) is 5.55. The lowest BCUT2D eigenvalue weighted by Gasteiger charge is -2.14. The van der Waals surface area contributed by atoms with Crippen molar-refractivity contribution in [2.24, 2.45) is 0 Å². The van der Waals surface area contributed by atoms with Crippen LogP contribution in [-0.4, -0.2) is 52.5 Å². The summed E-state index contributed by atoms with van der Waals surface area (Å²) < 4.78 is 9.91. The van der Waals surface area contributed by atoms with Crippen molar-refractivity contribution < 1.29 is 14.3 Å². The van der Waals surface area contributed by atoms with Gasteiger partial charge in [-0.25, -0.2) is 0 Å². The van der Waals surface area contributed by atoms with Crippen LogP contribution in [0, 0.1) is 0 Å². The van der Waals surface area contributed by atoms with Crippen LogP contribution in [0.3, 0.4) is 0 Å². The Hall–Kier alpha value is -0.910. The van der Waals surface area contributed by atoms with Crippen LogP contribution in [0.1, 0.15) is 6.42 Å². The normalized spacial score (nSPS) is 15.7. The maximum absolute atomic E-state index is 11.3. The van der Waals surface area contributed by atoms with Crippen LogP contribution in [0.4, 0.5) is 0 Å². The molecule has 0 saturated carbocycles. The average Bonchev–Trinajstić information content (AvgIpc) is 2.33. The number of hydrogen-bond donors (Lipinski definition) is 2. The molecule has 1 heterocycles. The van der Waals surface area contributed by atoms with E-state index in [2.05, 4.69) is 16.7 Å². The number of amides is 1. The van der Waals surface area contributed by atoms with Crippen molar-refractivity contribution in [2.75, 3.05) is 46.6 Å². The summed E-state index contributed by atoms with van der Waals surface area (Å²) in [7, 11) is 1.60. The number of ether oxygens (including phenoxy) is 2. The molecule has 16 heavy (non-hydrogen) atoms. The monoisotopic (exact) mass is 228 g/mol. The lowest BCUT2D eigenvalue weighted by molar-refractivity contribution is -0.125. The molecule has 0 spiro atoms.